The molecule has 0 aliphatic carbocycles. The monoisotopic (exact) mass is 484 g/mol. The first kappa shape index (κ1) is 26.4. The van der Waals surface area contributed by atoms with Crippen LogP contribution in [-0.4, -0.2) is 13.1 Å². The van der Waals surface area contributed by atoms with Crippen LogP contribution >= 0.6 is 0 Å². The van der Waals surface area contributed by atoms with Crippen LogP contribution in [0.3, 0.4) is 0 Å². The molecule has 0 aliphatic heterocycles. The van der Waals surface area contributed by atoms with Gasteiger partial charge in [-0.05, 0) is 61.6 Å². The largest absolute Gasteiger partial charge is 2.00 e. The Morgan fingerprint density at radius 1 is 0.394 bits per heavy atom. The van der Waals surface area contributed by atoms with E-state index in [0.29, 0.717) is 0 Å². The third kappa shape index (κ3) is 8.19. The minimum atomic E-state index is 0. The molecule has 3 heteroatoms. The van der Waals surface area contributed by atoms with E-state index in [2.05, 4.69) is 121 Å². The normalized spacial score (nSPS) is 9.76. The smallest absolute Gasteiger partial charge is 0.344 e. The van der Waals surface area contributed by atoms with Crippen molar-refractivity contribution in [1.82, 2.24) is 0 Å². The molecule has 164 valence electrons. The van der Waals surface area contributed by atoms with E-state index in [1.165, 1.54) is 22.7 Å². The molecule has 0 saturated heterocycles. The van der Waals surface area contributed by atoms with Crippen molar-refractivity contribution in [2.75, 3.05) is 22.9 Å². The maximum atomic E-state index is 3.93. The Morgan fingerprint density at radius 3 is 0.788 bits per heavy atom. The van der Waals surface area contributed by atoms with Crippen molar-refractivity contribution in [1.29, 1.82) is 0 Å². The second-order valence-corrected chi connectivity index (χ2v) is 7.35. The molecular weight excluding hydrogens is 454 g/mol. The summed E-state index contributed by atoms with van der Waals surface area (Å²) in [4.78, 5) is 4.57. The Hall–Kier alpha value is -2.90. The van der Waals surface area contributed by atoms with Gasteiger partial charge in [0.25, 0.3) is 0 Å². The van der Waals surface area contributed by atoms with Crippen LogP contribution in [0.4, 0.5) is 22.7 Å². The Labute approximate surface area is 212 Å². The summed E-state index contributed by atoms with van der Waals surface area (Å²) in [7, 11) is 0. The molecule has 0 saturated carbocycles. The fourth-order valence-corrected chi connectivity index (χ4v) is 3.56. The maximum Gasteiger partial charge on any atom is 2.00 e. The van der Waals surface area contributed by atoms with Crippen molar-refractivity contribution < 1.29 is 19.5 Å². The van der Waals surface area contributed by atoms with Crippen LogP contribution in [0.25, 0.3) is 0 Å². The number of anilines is 4. The van der Waals surface area contributed by atoms with Gasteiger partial charge in [0.2, 0.25) is 0 Å². The van der Waals surface area contributed by atoms with Crippen molar-refractivity contribution in [3.63, 3.8) is 0 Å². The van der Waals surface area contributed by atoms with Gasteiger partial charge < -0.3 is 23.6 Å². The van der Waals surface area contributed by atoms with Crippen LogP contribution in [0.15, 0.2) is 121 Å². The summed E-state index contributed by atoms with van der Waals surface area (Å²) in [6.07, 6.45) is 1.79. The number of hydrogen-bond acceptors (Lipinski definition) is 2. The summed E-state index contributed by atoms with van der Waals surface area (Å²) in [5.74, 6) is 0. The van der Waals surface area contributed by atoms with Crippen molar-refractivity contribution >= 4 is 22.7 Å². The van der Waals surface area contributed by atoms with Crippen LogP contribution < -0.4 is 9.80 Å². The van der Waals surface area contributed by atoms with Crippen LogP contribution in [0, 0.1) is 13.8 Å². The number of rotatable bonds is 8. The number of nitrogens with zero attached hydrogens (tertiary/aromatic N) is 2. The predicted octanol–water partition coefficient (Wildman–Crippen LogP) is 8.10. The molecule has 0 spiro atoms. The summed E-state index contributed by atoms with van der Waals surface area (Å²) in [5.41, 5.74) is 4.88. The zero-order chi connectivity index (χ0) is 22.4. The van der Waals surface area contributed by atoms with Crippen LogP contribution in [0.1, 0.15) is 12.8 Å². The molecule has 0 atom stereocenters. The third-order valence-electron chi connectivity index (χ3n) is 5.03. The molecule has 0 aromatic heterocycles. The van der Waals surface area contributed by atoms with Gasteiger partial charge in [0, 0.05) is 22.7 Å². The minimum absolute atomic E-state index is 0. The molecule has 0 radical (unpaired) electrons. The van der Waals surface area contributed by atoms with Crippen LogP contribution in [0.5, 0.6) is 0 Å². The first-order valence-corrected chi connectivity index (χ1v) is 11.2. The third-order valence-corrected chi connectivity index (χ3v) is 5.03. The molecule has 0 amide bonds. The molecular formula is C30H32N2Zn. The van der Waals surface area contributed by atoms with Gasteiger partial charge >= 0.3 is 19.5 Å². The van der Waals surface area contributed by atoms with E-state index in [9.17, 15) is 0 Å². The molecule has 0 unspecified atom stereocenters. The summed E-state index contributed by atoms with van der Waals surface area (Å²) in [5, 5.41) is 0. The Kier molecular flexibility index (Phi) is 12.0. The van der Waals surface area contributed by atoms with Gasteiger partial charge in [-0.3, -0.25) is 0 Å². The first-order chi connectivity index (χ1) is 15.8. The zero-order valence-corrected chi connectivity index (χ0v) is 22.4. The zero-order valence-electron chi connectivity index (χ0n) is 19.4. The molecule has 33 heavy (non-hydrogen) atoms. The molecule has 4 rings (SSSR count). The molecule has 0 bridgehead atoms. The maximum absolute atomic E-state index is 3.93. The van der Waals surface area contributed by atoms with E-state index >= 15 is 0 Å². The topological polar surface area (TPSA) is 6.48 Å². The molecule has 2 nitrogen and oxygen atoms in total. The average molecular weight is 486 g/mol. The summed E-state index contributed by atoms with van der Waals surface area (Å²) in [6.45, 7) is 9.75. The SMILES string of the molecule is [CH2-]CCN(c1ccccc1)c1ccccc1.[CH2-]CCN(c1ccccc1)c1ccccc1.[Zn+2]. The van der Waals surface area contributed by atoms with Gasteiger partial charge in [0.15, 0.2) is 0 Å². The quantitative estimate of drug-likeness (QED) is 0.184. The van der Waals surface area contributed by atoms with Gasteiger partial charge in [-0.1, -0.05) is 72.8 Å². The molecule has 0 aliphatic rings. The van der Waals surface area contributed by atoms with Crippen LogP contribution in [0.2, 0.25) is 0 Å². The summed E-state index contributed by atoms with van der Waals surface area (Å²) in [6, 6.07) is 41.7. The second-order valence-electron chi connectivity index (χ2n) is 7.35. The molecule has 0 N–H and O–H groups in total. The fourth-order valence-electron chi connectivity index (χ4n) is 3.56. The van der Waals surface area contributed by atoms with E-state index in [1.54, 1.807) is 0 Å². The van der Waals surface area contributed by atoms with E-state index in [1.807, 2.05) is 24.3 Å². The van der Waals surface area contributed by atoms with Gasteiger partial charge in [-0.2, -0.15) is 12.8 Å². The molecule has 4 aromatic carbocycles. The summed E-state index contributed by atoms with van der Waals surface area (Å²) < 4.78 is 0. The van der Waals surface area contributed by atoms with Crippen molar-refractivity contribution in [2.24, 2.45) is 0 Å². The molecule has 0 fully saturated rings. The average Bonchev–Trinajstić information content (AvgIpc) is 2.88. The van der Waals surface area contributed by atoms with Crippen LogP contribution in [-0.2, 0) is 19.5 Å². The van der Waals surface area contributed by atoms with E-state index in [4.69, 9.17) is 0 Å². The first-order valence-electron chi connectivity index (χ1n) is 11.2. The number of benzene rings is 4. The summed E-state index contributed by atoms with van der Waals surface area (Å²) >= 11 is 0. The Balaban J connectivity index is 0.000000227. The van der Waals surface area contributed by atoms with Crippen molar-refractivity contribution in [2.45, 2.75) is 12.8 Å². The number of hydrogen-bond donors (Lipinski definition) is 0. The van der Waals surface area contributed by atoms with E-state index < -0.39 is 0 Å². The Morgan fingerprint density at radius 2 is 0.606 bits per heavy atom. The predicted molar refractivity (Wildman–Crippen MR) is 140 cm³/mol. The van der Waals surface area contributed by atoms with E-state index in [0.717, 1.165) is 25.9 Å². The Bertz CT molecular complexity index is 828. The van der Waals surface area contributed by atoms with Gasteiger partial charge in [0.05, 0.1) is 0 Å². The van der Waals surface area contributed by atoms with E-state index in [-0.39, 0.29) is 19.5 Å². The van der Waals surface area contributed by atoms with Crippen molar-refractivity contribution in [3.8, 4) is 0 Å². The van der Waals surface area contributed by atoms with Gasteiger partial charge in [-0.25, -0.2) is 0 Å². The standard InChI is InChI=1S/2C15H16N.Zn/c2*1-2-13-16(14-9-5-3-6-10-14)15-11-7-4-8-12-15;/h2*3-12H,1-2,13H2;/q2*-1;+2. The molecule has 0 heterocycles. The molecule has 4 aromatic rings. The second kappa shape index (κ2) is 15.0. The minimum Gasteiger partial charge on any atom is -0.344 e. The number of para-hydroxylation sites is 4. The fraction of sp³-hybridized carbons (Fsp3) is 0.133. The van der Waals surface area contributed by atoms with Crippen molar-refractivity contribution in [3.05, 3.63) is 135 Å². The van der Waals surface area contributed by atoms with Gasteiger partial charge in [0.1, 0.15) is 0 Å². The van der Waals surface area contributed by atoms with Gasteiger partial charge in [-0.15, -0.1) is 0 Å².